The van der Waals surface area contributed by atoms with Gasteiger partial charge in [-0.25, -0.2) is 0 Å². The fraction of sp³-hybridized carbons (Fsp3) is 0.643. The van der Waals surface area contributed by atoms with Crippen molar-refractivity contribution >= 4 is 10.2 Å². The molecule has 0 radical (unpaired) electrons. The first-order valence-corrected chi connectivity index (χ1v) is 8.76. The summed E-state index contributed by atoms with van der Waals surface area (Å²) in [4.78, 5) is 4.16. The monoisotopic (exact) mass is 314 g/mol. The molecule has 0 saturated heterocycles. The summed E-state index contributed by atoms with van der Waals surface area (Å²) in [6.45, 7) is 6.17. The standard InChI is InChI=1S/C14H26N4O2S/c1-4-9-15-10-7-12-18(3)21(19,20)17-13(2)14-8-5-6-11-16-14/h5-6,8,11,13,15,17H,4,7,9-10,12H2,1-3H3. The van der Waals surface area contributed by atoms with Crippen LogP contribution in [-0.2, 0) is 10.2 Å². The molecule has 0 spiro atoms. The smallest absolute Gasteiger partial charge is 0.279 e. The fourth-order valence-corrected chi connectivity index (χ4v) is 2.97. The van der Waals surface area contributed by atoms with E-state index >= 15 is 0 Å². The Morgan fingerprint density at radius 1 is 1.33 bits per heavy atom. The van der Waals surface area contributed by atoms with Crippen LogP contribution in [-0.4, -0.2) is 44.4 Å². The van der Waals surface area contributed by atoms with Crippen molar-refractivity contribution in [3.05, 3.63) is 30.1 Å². The molecule has 1 rings (SSSR count). The molecule has 0 aliphatic rings. The molecule has 1 unspecified atom stereocenters. The van der Waals surface area contributed by atoms with Crippen molar-refractivity contribution < 1.29 is 8.42 Å². The van der Waals surface area contributed by atoms with Crippen LogP contribution in [0.2, 0.25) is 0 Å². The summed E-state index contributed by atoms with van der Waals surface area (Å²) in [5.41, 5.74) is 0.707. The van der Waals surface area contributed by atoms with Crippen LogP contribution in [0.25, 0.3) is 0 Å². The number of hydrogen-bond donors (Lipinski definition) is 2. The number of pyridine rings is 1. The SMILES string of the molecule is CCCNCCCN(C)S(=O)(=O)NC(C)c1ccccn1. The summed E-state index contributed by atoms with van der Waals surface area (Å²) in [5, 5.41) is 3.26. The summed E-state index contributed by atoms with van der Waals surface area (Å²) in [5.74, 6) is 0. The topological polar surface area (TPSA) is 74.3 Å². The zero-order chi connectivity index (χ0) is 15.7. The Labute approximate surface area is 128 Å². The Hall–Kier alpha value is -1.02. The van der Waals surface area contributed by atoms with Gasteiger partial charge in [-0.3, -0.25) is 4.98 Å². The van der Waals surface area contributed by atoms with Gasteiger partial charge in [0.1, 0.15) is 0 Å². The minimum Gasteiger partial charge on any atom is -0.317 e. The Bertz CT molecular complexity index is 493. The van der Waals surface area contributed by atoms with Gasteiger partial charge in [0.05, 0.1) is 11.7 Å². The third-order valence-corrected chi connectivity index (χ3v) is 4.78. The van der Waals surface area contributed by atoms with Gasteiger partial charge in [0.2, 0.25) is 0 Å². The van der Waals surface area contributed by atoms with Crippen molar-refractivity contribution in [2.75, 3.05) is 26.7 Å². The highest BCUT2D eigenvalue weighted by Crippen LogP contribution is 2.10. The van der Waals surface area contributed by atoms with E-state index < -0.39 is 10.2 Å². The van der Waals surface area contributed by atoms with E-state index in [1.807, 2.05) is 12.1 Å². The van der Waals surface area contributed by atoms with E-state index in [9.17, 15) is 8.42 Å². The van der Waals surface area contributed by atoms with Gasteiger partial charge in [-0.2, -0.15) is 17.4 Å². The maximum Gasteiger partial charge on any atom is 0.279 e. The van der Waals surface area contributed by atoms with E-state index in [1.165, 1.54) is 4.31 Å². The summed E-state index contributed by atoms with van der Waals surface area (Å²) in [6, 6.07) is 5.11. The molecular formula is C14H26N4O2S. The Morgan fingerprint density at radius 2 is 2.10 bits per heavy atom. The second kappa shape index (κ2) is 9.09. The van der Waals surface area contributed by atoms with Crippen molar-refractivity contribution in [3.63, 3.8) is 0 Å². The van der Waals surface area contributed by atoms with Gasteiger partial charge in [-0.05, 0) is 45.0 Å². The number of hydrogen-bond acceptors (Lipinski definition) is 4. The molecule has 1 aromatic rings. The first-order valence-electron chi connectivity index (χ1n) is 7.32. The maximum absolute atomic E-state index is 12.2. The van der Waals surface area contributed by atoms with Gasteiger partial charge in [-0.15, -0.1) is 0 Å². The van der Waals surface area contributed by atoms with Crippen molar-refractivity contribution in [2.24, 2.45) is 0 Å². The lowest BCUT2D eigenvalue weighted by atomic mass is 10.2. The molecule has 7 heteroatoms. The van der Waals surface area contributed by atoms with Gasteiger partial charge in [0.15, 0.2) is 0 Å². The molecule has 1 aromatic heterocycles. The third-order valence-electron chi connectivity index (χ3n) is 3.12. The summed E-state index contributed by atoms with van der Waals surface area (Å²) < 4.78 is 28.4. The van der Waals surface area contributed by atoms with Gasteiger partial charge < -0.3 is 5.32 Å². The summed E-state index contributed by atoms with van der Waals surface area (Å²) in [7, 11) is -1.89. The maximum atomic E-state index is 12.2. The Morgan fingerprint density at radius 3 is 2.71 bits per heavy atom. The third kappa shape index (κ3) is 6.52. The van der Waals surface area contributed by atoms with E-state index in [2.05, 4.69) is 21.9 Å². The van der Waals surface area contributed by atoms with E-state index in [0.29, 0.717) is 12.2 Å². The first-order chi connectivity index (χ1) is 9.97. The van der Waals surface area contributed by atoms with Crippen LogP contribution in [0, 0.1) is 0 Å². The predicted octanol–water partition coefficient (Wildman–Crippen LogP) is 1.30. The van der Waals surface area contributed by atoms with Gasteiger partial charge in [0, 0.05) is 19.8 Å². The molecule has 2 N–H and O–H groups in total. The molecule has 21 heavy (non-hydrogen) atoms. The second-order valence-corrected chi connectivity index (χ2v) is 6.83. The average molecular weight is 314 g/mol. The molecule has 0 aliphatic heterocycles. The Kier molecular flexibility index (Phi) is 7.81. The van der Waals surface area contributed by atoms with Gasteiger partial charge >= 0.3 is 0 Å². The summed E-state index contributed by atoms with van der Waals surface area (Å²) >= 11 is 0. The highest BCUT2D eigenvalue weighted by Gasteiger charge is 2.20. The number of rotatable bonds is 10. The minimum absolute atomic E-state index is 0.350. The van der Waals surface area contributed by atoms with Crippen LogP contribution in [0.4, 0.5) is 0 Å². The molecule has 1 atom stereocenters. The quantitative estimate of drug-likeness (QED) is 0.638. The van der Waals surface area contributed by atoms with E-state index in [4.69, 9.17) is 0 Å². The zero-order valence-electron chi connectivity index (χ0n) is 13.0. The molecular weight excluding hydrogens is 288 g/mol. The normalized spacial score (nSPS) is 13.5. The predicted molar refractivity (Wildman–Crippen MR) is 85.1 cm³/mol. The lowest BCUT2D eigenvalue weighted by molar-refractivity contribution is 0.437. The molecule has 0 saturated carbocycles. The molecule has 0 amide bonds. The van der Waals surface area contributed by atoms with E-state index in [0.717, 1.165) is 25.9 Å². The van der Waals surface area contributed by atoms with Crippen LogP contribution in [0.1, 0.15) is 38.4 Å². The Balaban J connectivity index is 2.45. The lowest BCUT2D eigenvalue weighted by Gasteiger charge is -2.21. The van der Waals surface area contributed by atoms with Crippen molar-refractivity contribution in [1.29, 1.82) is 0 Å². The lowest BCUT2D eigenvalue weighted by Crippen LogP contribution is -2.40. The molecule has 0 aromatic carbocycles. The van der Waals surface area contributed by atoms with Crippen LogP contribution in [0.3, 0.4) is 0 Å². The van der Waals surface area contributed by atoms with E-state index in [-0.39, 0.29) is 6.04 Å². The van der Waals surface area contributed by atoms with Gasteiger partial charge in [0.25, 0.3) is 10.2 Å². The van der Waals surface area contributed by atoms with Gasteiger partial charge in [-0.1, -0.05) is 13.0 Å². The highest BCUT2D eigenvalue weighted by molar-refractivity contribution is 7.87. The van der Waals surface area contributed by atoms with Crippen LogP contribution in [0.5, 0.6) is 0 Å². The zero-order valence-corrected chi connectivity index (χ0v) is 13.9. The molecule has 120 valence electrons. The summed E-state index contributed by atoms with van der Waals surface area (Å²) in [6.07, 6.45) is 3.52. The molecule has 0 aliphatic carbocycles. The molecule has 0 fully saturated rings. The first kappa shape index (κ1) is 18.0. The molecule has 0 bridgehead atoms. The van der Waals surface area contributed by atoms with Crippen molar-refractivity contribution in [1.82, 2.24) is 19.3 Å². The highest BCUT2D eigenvalue weighted by atomic mass is 32.2. The molecule has 1 heterocycles. The van der Waals surface area contributed by atoms with E-state index in [1.54, 1.807) is 26.2 Å². The molecule has 6 nitrogen and oxygen atoms in total. The second-order valence-electron chi connectivity index (χ2n) is 5.02. The number of nitrogens with one attached hydrogen (secondary N) is 2. The fourth-order valence-electron chi connectivity index (χ4n) is 1.85. The number of aromatic nitrogens is 1. The van der Waals surface area contributed by atoms with Crippen LogP contribution >= 0.6 is 0 Å². The largest absolute Gasteiger partial charge is 0.317 e. The van der Waals surface area contributed by atoms with Crippen molar-refractivity contribution in [3.8, 4) is 0 Å². The van der Waals surface area contributed by atoms with Crippen LogP contribution in [0.15, 0.2) is 24.4 Å². The number of nitrogens with zero attached hydrogens (tertiary/aromatic N) is 2. The average Bonchev–Trinajstić information content (AvgIpc) is 2.47. The van der Waals surface area contributed by atoms with Crippen LogP contribution < -0.4 is 10.0 Å². The minimum atomic E-state index is -3.48. The van der Waals surface area contributed by atoms with Crippen molar-refractivity contribution in [2.45, 2.75) is 32.7 Å².